The molecule has 2 aromatic rings. The van der Waals surface area contributed by atoms with Gasteiger partial charge in [-0.2, -0.15) is 0 Å². The van der Waals surface area contributed by atoms with Gasteiger partial charge in [-0.1, -0.05) is 18.2 Å². The molecular weight excluding hydrogens is 339 g/mol. The lowest BCUT2D eigenvalue weighted by molar-refractivity contribution is -0.142. The van der Waals surface area contributed by atoms with Gasteiger partial charge in [0.05, 0.1) is 11.3 Å². The van der Waals surface area contributed by atoms with Gasteiger partial charge in [0.15, 0.2) is 6.61 Å². The van der Waals surface area contributed by atoms with Crippen LogP contribution >= 0.6 is 0 Å². The molecule has 0 saturated heterocycles. The van der Waals surface area contributed by atoms with Crippen LogP contribution in [-0.4, -0.2) is 24.4 Å². The minimum absolute atomic E-state index is 0.213. The molecule has 0 aliphatic carbocycles. The molecule has 6 nitrogen and oxygen atoms in total. The van der Waals surface area contributed by atoms with Crippen molar-refractivity contribution in [1.82, 2.24) is 0 Å². The van der Waals surface area contributed by atoms with Crippen LogP contribution in [0.3, 0.4) is 0 Å². The van der Waals surface area contributed by atoms with E-state index in [1.165, 1.54) is 42.5 Å². The number of ether oxygens (including phenoxy) is 1. The summed E-state index contributed by atoms with van der Waals surface area (Å²) in [5.41, 5.74) is 0.891. The fourth-order valence-corrected chi connectivity index (χ4v) is 2.03. The summed E-state index contributed by atoms with van der Waals surface area (Å²) in [6.45, 7) is 1.17. The minimum atomic E-state index is -0.634. The van der Waals surface area contributed by atoms with E-state index in [4.69, 9.17) is 4.74 Å². The van der Waals surface area contributed by atoms with Crippen molar-refractivity contribution in [2.24, 2.45) is 0 Å². The predicted octanol–water partition coefficient (Wildman–Crippen LogP) is 3.14. The average Bonchev–Trinajstić information content (AvgIpc) is 2.62. The molecule has 0 aliphatic rings. The number of esters is 1. The molecule has 2 amide bonds. The van der Waals surface area contributed by atoms with Crippen molar-refractivity contribution in [2.45, 2.75) is 6.92 Å². The normalized spacial score (nSPS) is 10.4. The van der Waals surface area contributed by atoms with Crippen LogP contribution in [0.2, 0.25) is 0 Å². The van der Waals surface area contributed by atoms with Crippen LogP contribution in [0.1, 0.15) is 17.3 Å². The summed E-state index contributed by atoms with van der Waals surface area (Å²) in [5, 5.41) is 5.14. The first-order chi connectivity index (χ1) is 12.5. The molecule has 0 fully saturated rings. The zero-order valence-electron chi connectivity index (χ0n) is 14.0. The van der Waals surface area contributed by atoms with Crippen molar-refractivity contribution >= 4 is 29.2 Å². The largest absolute Gasteiger partial charge is 0.452 e. The van der Waals surface area contributed by atoms with Crippen LogP contribution in [0.5, 0.6) is 0 Å². The minimum Gasteiger partial charge on any atom is -0.452 e. The zero-order chi connectivity index (χ0) is 18.9. The number of allylic oxidation sites excluding steroid dienone is 1. The van der Waals surface area contributed by atoms with E-state index in [9.17, 15) is 18.8 Å². The van der Waals surface area contributed by atoms with Gasteiger partial charge in [-0.05, 0) is 43.3 Å². The van der Waals surface area contributed by atoms with Crippen LogP contribution in [0.15, 0.2) is 60.7 Å². The van der Waals surface area contributed by atoms with Crippen molar-refractivity contribution in [1.29, 1.82) is 0 Å². The second-order valence-electron chi connectivity index (χ2n) is 5.16. The van der Waals surface area contributed by atoms with E-state index < -0.39 is 30.2 Å². The predicted molar refractivity (Wildman–Crippen MR) is 95.2 cm³/mol. The average molecular weight is 356 g/mol. The lowest BCUT2D eigenvalue weighted by Crippen LogP contribution is -2.22. The third-order valence-corrected chi connectivity index (χ3v) is 3.20. The Labute approximate surface area is 149 Å². The van der Waals surface area contributed by atoms with Crippen LogP contribution in [0.25, 0.3) is 0 Å². The zero-order valence-corrected chi connectivity index (χ0v) is 14.0. The summed E-state index contributed by atoms with van der Waals surface area (Å²) in [6, 6.07) is 11.7. The highest BCUT2D eigenvalue weighted by molar-refractivity contribution is 6.10. The molecule has 7 heteroatoms. The molecule has 26 heavy (non-hydrogen) atoms. The highest BCUT2D eigenvalue weighted by Gasteiger charge is 2.14. The van der Waals surface area contributed by atoms with E-state index in [-0.39, 0.29) is 11.3 Å². The molecule has 0 spiro atoms. The topological polar surface area (TPSA) is 84.5 Å². The molecule has 2 rings (SSSR count). The number of hydrogen-bond acceptors (Lipinski definition) is 4. The van der Waals surface area contributed by atoms with Crippen LogP contribution < -0.4 is 10.6 Å². The second kappa shape index (κ2) is 9.12. The first kappa shape index (κ1) is 18.9. The highest BCUT2D eigenvalue weighted by atomic mass is 19.1. The maximum absolute atomic E-state index is 12.9. The quantitative estimate of drug-likeness (QED) is 0.615. The van der Waals surface area contributed by atoms with Crippen LogP contribution in [0, 0.1) is 5.82 Å². The Bertz CT molecular complexity index is 832. The number of benzene rings is 2. The summed E-state index contributed by atoms with van der Waals surface area (Å²) in [7, 11) is 0. The smallest absolute Gasteiger partial charge is 0.330 e. The van der Waals surface area contributed by atoms with E-state index in [0.717, 1.165) is 0 Å². The number of carbonyl (C=O) groups excluding carboxylic acids is 3. The number of para-hydroxylation sites is 1. The summed E-state index contributed by atoms with van der Waals surface area (Å²) in [6.07, 6.45) is 2.69. The van der Waals surface area contributed by atoms with Crippen molar-refractivity contribution in [3.8, 4) is 0 Å². The molecule has 134 valence electrons. The molecule has 0 aromatic heterocycles. The Balaban J connectivity index is 2.04. The van der Waals surface area contributed by atoms with E-state index in [0.29, 0.717) is 5.69 Å². The highest BCUT2D eigenvalue weighted by Crippen LogP contribution is 2.17. The van der Waals surface area contributed by atoms with Gasteiger partial charge in [0.25, 0.3) is 11.8 Å². The number of hydrogen-bond donors (Lipinski definition) is 2. The van der Waals surface area contributed by atoms with Gasteiger partial charge in [-0.15, -0.1) is 0 Å². The summed E-state index contributed by atoms with van der Waals surface area (Å²) in [4.78, 5) is 35.5. The second-order valence-corrected chi connectivity index (χ2v) is 5.16. The van der Waals surface area contributed by atoms with Crippen molar-refractivity contribution in [3.63, 3.8) is 0 Å². The van der Waals surface area contributed by atoms with Crippen molar-refractivity contribution in [3.05, 3.63) is 72.1 Å². The van der Waals surface area contributed by atoms with Crippen molar-refractivity contribution in [2.75, 3.05) is 17.2 Å². The van der Waals surface area contributed by atoms with Gasteiger partial charge >= 0.3 is 5.97 Å². The Morgan fingerprint density at radius 1 is 1.04 bits per heavy atom. The molecule has 0 bridgehead atoms. The number of halogens is 1. The lowest BCUT2D eigenvalue weighted by Gasteiger charge is -2.11. The first-order valence-electron chi connectivity index (χ1n) is 7.75. The van der Waals surface area contributed by atoms with E-state index in [1.807, 2.05) is 0 Å². The van der Waals surface area contributed by atoms with E-state index in [2.05, 4.69) is 10.6 Å². The number of anilines is 2. The van der Waals surface area contributed by atoms with Crippen molar-refractivity contribution < 1.29 is 23.5 Å². The van der Waals surface area contributed by atoms with E-state index >= 15 is 0 Å². The molecule has 0 saturated carbocycles. The molecular formula is C19H17FN2O4. The molecule has 0 radical (unpaired) electrons. The van der Waals surface area contributed by atoms with Gasteiger partial charge in [-0.25, -0.2) is 9.18 Å². The van der Waals surface area contributed by atoms with Crippen LogP contribution in [0.4, 0.5) is 15.8 Å². The van der Waals surface area contributed by atoms with Crippen LogP contribution in [-0.2, 0) is 14.3 Å². The third kappa shape index (κ3) is 5.55. The molecule has 2 N–H and O–H groups in total. The maximum atomic E-state index is 12.9. The van der Waals surface area contributed by atoms with Gasteiger partial charge in [0.2, 0.25) is 0 Å². The fourth-order valence-electron chi connectivity index (χ4n) is 2.03. The lowest BCUT2D eigenvalue weighted by atomic mass is 10.1. The third-order valence-electron chi connectivity index (χ3n) is 3.20. The van der Waals surface area contributed by atoms with Gasteiger partial charge < -0.3 is 15.4 Å². The Morgan fingerprint density at radius 2 is 1.73 bits per heavy atom. The molecule has 0 heterocycles. The molecule has 0 unspecified atom stereocenters. The van der Waals surface area contributed by atoms with Gasteiger partial charge in [0.1, 0.15) is 5.82 Å². The number of rotatable bonds is 6. The summed E-state index contributed by atoms with van der Waals surface area (Å²) >= 11 is 0. The maximum Gasteiger partial charge on any atom is 0.330 e. The van der Waals surface area contributed by atoms with E-state index in [1.54, 1.807) is 25.1 Å². The summed E-state index contributed by atoms with van der Waals surface area (Å²) < 4.78 is 17.7. The standard InChI is InChI=1S/C19H17FN2O4/c1-2-5-18(24)26-12-17(23)22-16-7-4-3-6-15(16)19(25)21-14-10-8-13(20)9-11-14/h2-11H,12H2,1H3,(H,21,25)(H,22,23)/b5-2+. The summed E-state index contributed by atoms with van der Waals surface area (Å²) in [5.74, 6) is -2.10. The first-order valence-corrected chi connectivity index (χ1v) is 7.75. The van der Waals surface area contributed by atoms with Gasteiger partial charge in [0, 0.05) is 11.8 Å². The SMILES string of the molecule is C/C=C/C(=O)OCC(=O)Nc1ccccc1C(=O)Nc1ccc(F)cc1. The monoisotopic (exact) mass is 356 g/mol. The number of amides is 2. The number of nitrogens with one attached hydrogen (secondary N) is 2. The van der Waals surface area contributed by atoms with Gasteiger partial charge in [-0.3, -0.25) is 9.59 Å². The molecule has 0 atom stereocenters. The molecule has 2 aromatic carbocycles. The Kier molecular flexibility index (Phi) is 6.61. The Hall–Kier alpha value is -3.48. The fraction of sp³-hybridized carbons (Fsp3) is 0.105. The number of carbonyl (C=O) groups is 3. The Morgan fingerprint density at radius 3 is 2.42 bits per heavy atom. The molecule has 0 aliphatic heterocycles.